The van der Waals surface area contributed by atoms with Crippen LogP contribution in [0.4, 0.5) is 5.13 Å². The molecule has 1 N–H and O–H groups in total. The standard InChI is InChI=1S/C24H25N5O2S/c1-14-8-9-17(12-16(14)3)21-18(29-10-4-6-15(2)22(29)26-21)13-20(30)25-24-28-27-23(32-24)19-7-5-11-31-19/h4,6,8-10,12,19H,5,7,11,13H2,1-3H3,(H,25,28,30). The number of pyridine rings is 1. The first-order valence-corrected chi connectivity index (χ1v) is 11.6. The van der Waals surface area contributed by atoms with Crippen LogP contribution in [0.3, 0.4) is 0 Å². The highest BCUT2D eigenvalue weighted by Crippen LogP contribution is 2.32. The van der Waals surface area contributed by atoms with Crippen molar-refractivity contribution < 1.29 is 9.53 Å². The van der Waals surface area contributed by atoms with Crippen LogP contribution in [0.2, 0.25) is 0 Å². The van der Waals surface area contributed by atoms with Gasteiger partial charge in [0, 0.05) is 18.4 Å². The molecule has 4 heterocycles. The number of aromatic nitrogens is 4. The summed E-state index contributed by atoms with van der Waals surface area (Å²) >= 11 is 1.38. The van der Waals surface area contributed by atoms with E-state index in [9.17, 15) is 4.79 Å². The summed E-state index contributed by atoms with van der Waals surface area (Å²) in [7, 11) is 0. The number of imidazole rings is 1. The summed E-state index contributed by atoms with van der Waals surface area (Å²) in [6, 6.07) is 10.3. The van der Waals surface area contributed by atoms with E-state index in [2.05, 4.69) is 47.6 Å². The predicted molar refractivity (Wildman–Crippen MR) is 125 cm³/mol. The number of nitrogens with one attached hydrogen (secondary N) is 1. The van der Waals surface area contributed by atoms with Crippen LogP contribution in [0.25, 0.3) is 16.9 Å². The first kappa shape index (κ1) is 20.8. The summed E-state index contributed by atoms with van der Waals surface area (Å²) in [5.41, 5.74) is 7.04. The van der Waals surface area contributed by atoms with Gasteiger partial charge >= 0.3 is 0 Å². The molecule has 0 aliphatic carbocycles. The van der Waals surface area contributed by atoms with Gasteiger partial charge in [0.15, 0.2) is 0 Å². The van der Waals surface area contributed by atoms with Crippen LogP contribution in [-0.4, -0.2) is 32.1 Å². The Hall–Kier alpha value is -3.10. The molecule has 0 spiro atoms. The van der Waals surface area contributed by atoms with Crippen LogP contribution in [-0.2, 0) is 16.0 Å². The molecule has 1 saturated heterocycles. The van der Waals surface area contributed by atoms with E-state index < -0.39 is 0 Å². The van der Waals surface area contributed by atoms with Crippen LogP contribution in [0.15, 0.2) is 36.5 Å². The minimum atomic E-state index is -0.145. The van der Waals surface area contributed by atoms with E-state index in [1.807, 2.05) is 29.7 Å². The fourth-order valence-electron chi connectivity index (χ4n) is 4.04. The Morgan fingerprint density at radius 1 is 1.19 bits per heavy atom. The first-order valence-electron chi connectivity index (χ1n) is 10.8. The maximum atomic E-state index is 13.0. The lowest BCUT2D eigenvalue weighted by atomic mass is 10.0. The molecule has 32 heavy (non-hydrogen) atoms. The Balaban J connectivity index is 1.45. The number of carbonyl (C=O) groups is 1. The van der Waals surface area contributed by atoms with E-state index in [0.717, 1.165) is 52.6 Å². The average Bonchev–Trinajstić information content (AvgIpc) is 3.51. The molecular formula is C24H25N5O2S. The Kier molecular flexibility index (Phi) is 5.48. The van der Waals surface area contributed by atoms with Crippen molar-refractivity contribution in [2.45, 2.75) is 46.1 Å². The largest absolute Gasteiger partial charge is 0.371 e. The van der Waals surface area contributed by atoms with Gasteiger partial charge in [0.1, 0.15) is 16.8 Å². The Labute approximate surface area is 190 Å². The van der Waals surface area contributed by atoms with Crippen molar-refractivity contribution in [2.24, 2.45) is 0 Å². The lowest BCUT2D eigenvalue weighted by Crippen LogP contribution is -2.16. The second-order valence-corrected chi connectivity index (χ2v) is 9.27. The molecule has 1 fully saturated rings. The molecule has 1 aliphatic heterocycles. The molecule has 8 heteroatoms. The average molecular weight is 448 g/mol. The van der Waals surface area contributed by atoms with E-state index in [-0.39, 0.29) is 18.4 Å². The zero-order valence-electron chi connectivity index (χ0n) is 18.4. The van der Waals surface area contributed by atoms with Crippen molar-refractivity contribution in [1.29, 1.82) is 0 Å². The third-order valence-corrected chi connectivity index (χ3v) is 6.88. The zero-order valence-corrected chi connectivity index (χ0v) is 19.2. The molecule has 1 amide bonds. The quantitative estimate of drug-likeness (QED) is 0.475. The summed E-state index contributed by atoms with van der Waals surface area (Å²) < 4.78 is 7.68. The SMILES string of the molecule is Cc1ccc(-c2nc3c(C)cccn3c2CC(=O)Nc2nnc(C3CCCO3)s2)cc1C. The van der Waals surface area contributed by atoms with Crippen molar-refractivity contribution in [2.75, 3.05) is 11.9 Å². The molecule has 1 aromatic carbocycles. The maximum Gasteiger partial charge on any atom is 0.232 e. The fraction of sp³-hybridized carbons (Fsp3) is 0.333. The second-order valence-electron chi connectivity index (χ2n) is 8.26. The Bertz CT molecular complexity index is 1300. The van der Waals surface area contributed by atoms with Gasteiger partial charge in [-0.2, -0.15) is 0 Å². The highest BCUT2D eigenvalue weighted by Gasteiger charge is 2.23. The predicted octanol–water partition coefficient (Wildman–Crippen LogP) is 4.81. The van der Waals surface area contributed by atoms with E-state index in [0.29, 0.717) is 5.13 Å². The topological polar surface area (TPSA) is 81.4 Å². The van der Waals surface area contributed by atoms with Crippen molar-refractivity contribution in [1.82, 2.24) is 19.6 Å². The van der Waals surface area contributed by atoms with E-state index in [1.165, 1.54) is 22.5 Å². The van der Waals surface area contributed by atoms with Gasteiger partial charge in [0.05, 0.1) is 17.8 Å². The van der Waals surface area contributed by atoms with E-state index in [4.69, 9.17) is 9.72 Å². The number of anilines is 1. The monoisotopic (exact) mass is 447 g/mol. The van der Waals surface area contributed by atoms with Crippen molar-refractivity contribution in [3.63, 3.8) is 0 Å². The summed E-state index contributed by atoms with van der Waals surface area (Å²) in [5.74, 6) is -0.145. The second kappa shape index (κ2) is 8.44. The third kappa shape index (κ3) is 3.91. The lowest BCUT2D eigenvalue weighted by Gasteiger charge is -2.07. The molecule has 0 bridgehead atoms. The van der Waals surface area contributed by atoms with Crippen LogP contribution < -0.4 is 5.32 Å². The van der Waals surface area contributed by atoms with Gasteiger partial charge in [-0.05, 0) is 62.4 Å². The number of rotatable bonds is 5. The van der Waals surface area contributed by atoms with Crippen LogP contribution >= 0.6 is 11.3 Å². The smallest absolute Gasteiger partial charge is 0.232 e. The van der Waals surface area contributed by atoms with Crippen LogP contribution in [0, 0.1) is 20.8 Å². The molecule has 1 unspecified atom stereocenters. The van der Waals surface area contributed by atoms with Gasteiger partial charge in [0.2, 0.25) is 11.0 Å². The normalized spacial score (nSPS) is 16.0. The van der Waals surface area contributed by atoms with Gasteiger partial charge in [-0.15, -0.1) is 10.2 Å². The minimum Gasteiger partial charge on any atom is -0.371 e. The number of nitrogens with zero attached hydrogens (tertiary/aromatic N) is 4. The molecular weight excluding hydrogens is 422 g/mol. The maximum absolute atomic E-state index is 13.0. The molecule has 0 radical (unpaired) electrons. The number of benzene rings is 1. The summed E-state index contributed by atoms with van der Waals surface area (Å²) in [6.45, 7) is 6.96. The summed E-state index contributed by atoms with van der Waals surface area (Å²) in [5, 5.41) is 12.6. The molecule has 0 saturated carbocycles. The van der Waals surface area contributed by atoms with Gasteiger partial charge in [-0.1, -0.05) is 29.5 Å². The molecule has 5 rings (SSSR count). The number of amides is 1. The molecule has 164 valence electrons. The van der Waals surface area contributed by atoms with Crippen molar-refractivity contribution in [3.8, 4) is 11.3 Å². The molecule has 1 aliphatic rings. The highest BCUT2D eigenvalue weighted by atomic mass is 32.1. The summed E-state index contributed by atoms with van der Waals surface area (Å²) in [6.07, 6.45) is 4.12. The Morgan fingerprint density at radius 3 is 2.84 bits per heavy atom. The minimum absolute atomic E-state index is 0.00344. The number of aryl methyl sites for hydroxylation is 3. The molecule has 7 nitrogen and oxygen atoms in total. The van der Waals surface area contributed by atoms with E-state index in [1.54, 1.807) is 0 Å². The zero-order chi connectivity index (χ0) is 22.2. The number of carbonyl (C=O) groups excluding carboxylic acids is 1. The number of fused-ring (bicyclic) bond motifs is 1. The van der Waals surface area contributed by atoms with Crippen molar-refractivity contribution in [3.05, 3.63) is 63.9 Å². The Morgan fingerprint density at radius 2 is 2.06 bits per heavy atom. The number of ether oxygens (including phenoxy) is 1. The van der Waals surface area contributed by atoms with Gasteiger partial charge in [-0.25, -0.2) is 4.98 Å². The lowest BCUT2D eigenvalue weighted by molar-refractivity contribution is -0.115. The number of hydrogen-bond donors (Lipinski definition) is 1. The number of hydrogen-bond acceptors (Lipinski definition) is 6. The first-order chi connectivity index (χ1) is 15.5. The van der Waals surface area contributed by atoms with Gasteiger partial charge < -0.3 is 14.5 Å². The van der Waals surface area contributed by atoms with Crippen molar-refractivity contribution >= 4 is 28.0 Å². The van der Waals surface area contributed by atoms with Crippen LogP contribution in [0.1, 0.15) is 46.3 Å². The van der Waals surface area contributed by atoms with E-state index >= 15 is 0 Å². The molecule has 4 aromatic rings. The highest BCUT2D eigenvalue weighted by molar-refractivity contribution is 7.15. The van der Waals surface area contributed by atoms with Gasteiger partial charge in [0.25, 0.3) is 0 Å². The van der Waals surface area contributed by atoms with Gasteiger partial charge in [-0.3, -0.25) is 4.79 Å². The fourth-order valence-corrected chi connectivity index (χ4v) is 4.89. The molecule has 1 atom stereocenters. The van der Waals surface area contributed by atoms with Crippen LogP contribution in [0.5, 0.6) is 0 Å². The molecule has 3 aromatic heterocycles. The summed E-state index contributed by atoms with van der Waals surface area (Å²) in [4.78, 5) is 17.9. The third-order valence-electron chi connectivity index (χ3n) is 5.94.